The molecule has 6 heteroatoms. The summed E-state index contributed by atoms with van der Waals surface area (Å²) < 4.78 is 4.65. The number of ether oxygens (including phenoxy) is 1. The quantitative estimate of drug-likeness (QED) is 0.441. The molecule has 0 saturated carbocycles. The first kappa shape index (κ1) is 12.9. The van der Waals surface area contributed by atoms with Crippen LogP contribution in [0, 0.1) is 10.1 Å². The van der Waals surface area contributed by atoms with E-state index in [1.54, 1.807) is 0 Å². The summed E-state index contributed by atoms with van der Waals surface area (Å²) in [6, 6.07) is 3.97. The summed E-state index contributed by atoms with van der Waals surface area (Å²) in [6.45, 7) is 0. The molecule has 0 aliphatic carbocycles. The van der Waals surface area contributed by atoms with Crippen LogP contribution in [0.4, 0.5) is 5.69 Å². The molecule has 0 aliphatic heterocycles. The van der Waals surface area contributed by atoms with Gasteiger partial charge in [0.05, 0.1) is 12.0 Å². The fourth-order valence-corrected chi connectivity index (χ4v) is 0.866. The van der Waals surface area contributed by atoms with E-state index in [9.17, 15) is 10.1 Å². The number of benzene rings is 1. The Balaban J connectivity index is 0.00000144. The van der Waals surface area contributed by atoms with E-state index in [0.717, 1.165) is 0 Å². The predicted octanol–water partition coefficient (Wildman–Crippen LogP) is 0.660. The van der Waals surface area contributed by atoms with E-state index < -0.39 is 4.92 Å². The van der Waals surface area contributed by atoms with Gasteiger partial charge in [0.15, 0.2) is 5.75 Å². The van der Waals surface area contributed by atoms with Gasteiger partial charge >= 0.3 is 57.1 Å². The zero-order valence-electron chi connectivity index (χ0n) is 6.35. The van der Waals surface area contributed by atoms with Crippen molar-refractivity contribution >= 4 is 57.1 Å². The SMILES string of the molecule is COc1c(O)cccc1[N+](=O)[O-].[KH]. The van der Waals surface area contributed by atoms with Gasteiger partial charge in [-0.2, -0.15) is 0 Å². The van der Waals surface area contributed by atoms with E-state index in [1.165, 1.54) is 25.3 Å². The first-order chi connectivity index (χ1) is 5.66. The third kappa shape index (κ3) is 2.92. The van der Waals surface area contributed by atoms with E-state index in [4.69, 9.17) is 5.11 Å². The van der Waals surface area contributed by atoms with Gasteiger partial charge in [-0.15, -0.1) is 0 Å². The van der Waals surface area contributed by atoms with Crippen LogP contribution in [0.5, 0.6) is 11.5 Å². The summed E-state index contributed by atoms with van der Waals surface area (Å²) in [5.74, 6) is -0.339. The Morgan fingerprint density at radius 3 is 2.54 bits per heavy atom. The van der Waals surface area contributed by atoms with Gasteiger partial charge in [0.2, 0.25) is 5.75 Å². The second kappa shape index (κ2) is 5.56. The molecule has 13 heavy (non-hydrogen) atoms. The van der Waals surface area contributed by atoms with Crippen molar-refractivity contribution in [3.63, 3.8) is 0 Å². The second-order valence-electron chi connectivity index (χ2n) is 2.09. The number of methoxy groups -OCH3 is 1. The summed E-state index contributed by atoms with van der Waals surface area (Å²) in [7, 11) is 1.27. The van der Waals surface area contributed by atoms with Gasteiger partial charge in [-0.05, 0) is 6.07 Å². The average Bonchev–Trinajstić information content (AvgIpc) is 2.03. The molecule has 0 aliphatic rings. The number of phenolic OH excluding ortho intramolecular Hbond substituents is 1. The molecule has 0 saturated heterocycles. The topological polar surface area (TPSA) is 72.6 Å². The van der Waals surface area contributed by atoms with Crippen LogP contribution >= 0.6 is 0 Å². The molecule has 0 bridgehead atoms. The molecule has 0 aromatic heterocycles. The molecule has 0 radical (unpaired) electrons. The molecule has 0 fully saturated rings. The number of aromatic hydroxyl groups is 1. The number of nitro benzene ring substituents is 1. The molecule has 0 unspecified atom stereocenters. The molecule has 1 aromatic carbocycles. The summed E-state index contributed by atoms with van der Waals surface area (Å²) in [5.41, 5.74) is -0.238. The number of nitro groups is 1. The first-order valence-electron chi connectivity index (χ1n) is 3.17. The molecular weight excluding hydrogens is 201 g/mol. The van der Waals surface area contributed by atoms with E-state index >= 15 is 0 Å². The van der Waals surface area contributed by atoms with E-state index in [2.05, 4.69) is 4.74 Å². The zero-order chi connectivity index (χ0) is 9.14. The summed E-state index contributed by atoms with van der Waals surface area (Å²) in [5, 5.41) is 19.5. The standard InChI is InChI=1S/C7H7NO4.K.H/c1-12-7-5(8(10)11)3-2-4-6(7)9;;/h2-4,9H,1H3;;. The van der Waals surface area contributed by atoms with Crippen molar-refractivity contribution in [2.24, 2.45) is 0 Å². The summed E-state index contributed by atoms with van der Waals surface area (Å²) in [6.07, 6.45) is 0. The Labute approximate surface area is 117 Å². The minimum absolute atomic E-state index is 0. The van der Waals surface area contributed by atoms with Crippen molar-refractivity contribution in [1.29, 1.82) is 0 Å². The van der Waals surface area contributed by atoms with Crippen molar-refractivity contribution in [2.75, 3.05) is 7.11 Å². The molecule has 1 rings (SSSR count). The van der Waals surface area contributed by atoms with Crippen LogP contribution in [0.15, 0.2) is 18.2 Å². The number of phenols is 1. The molecule has 0 spiro atoms. The third-order valence-corrected chi connectivity index (χ3v) is 1.37. The van der Waals surface area contributed by atoms with E-state index in [0.29, 0.717) is 0 Å². The Morgan fingerprint density at radius 1 is 1.54 bits per heavy atom. The summed E-state index contributed by atoms with van der Waals surface area (Å²) in [4.78, 5) is 9.73. The van der Waals surface area contributed by atoms with E-state index in [-0.39, 0.29) is 68.6 Å². The molecule has 0 amide bonds. The normalized spacial score (nSPS) is 8.69. The van der Waals surface area contributed by atoms with Crippen LogP contribution in [0.2, 0.25) is 0 Å². The Kier molecular flexibility index (Phi) is 5.50. The number of para-hydroxylation sites is 1. The van der Waals surface area contributed by atoms with Gasteiger partial charge in [0.25, 0.3) is 0 Å². The molecule has 5 nitrogen and oxygen atoms in total. The van der Waals surface area contributed by atoms with Gasteiger partial charge in [0.1, 0.15) is 0 Å². The van der Waals surface area contributed by atoms with Crippen LogP contribution in [0.25, 0.3) is 0 Å². The van der Waals surface area contributed by atoms with Gasteiger partial charge in [-0.3, -0.25) is 10.1 Å². The Hall–Kier alpha value is -0.144. The van der Waals surface area contributed by atoms with Crippen LogP contribution in [-0.4, -0.2) is 68.5 Å². The van der Waals surface area contributed by atoms with Gasteiger partial charge < -0.3 is 9.84 Å². The Morgan fingerprint density at radius 2 is 2.15 bits per heavy atom. The molecule has 0 atom stereocenters. The van der Waals surface area contributed by atoms with Gasteiger partial charge in [0, 0.05) is 6.07 Å². The molecule has 0 heterocycles. The minimum atomic E-state index is -0.613. The number of hydrogen-bond donors (Lipinski definition) is 1. The zero-order valence-corrected chi connectivity index (χ0v) is 6.35. The van der Waals surface area contributed by atoms with Crippen LogP contribution < -0.4 is 4.74 Å². The van der Waals surface area contributed by atoms with Crippen molar-refractivity contribution in [1.82, 2.24) is 0 Å². The number of nitrogens with zero attached hydrogens (tertiary/aromatic N) is 1. The van der Waals surface area contributed by atoms with Crippen molar-refractivity contribution in [2.45, 2.75) is 0 Å². The second-order valence-corrected chi connectivity index (χ2v) is 2.09. The average molecular weight is 209 g/mol. The third-order valence-electron chi connectivity index (χ3n) is 1.37. The van der Waals surface area contributed by atoms with Crippen molar-refractivity contribution in [3.05, 3.63) is 28.3 Å². The maximum absolute atomic E-state index is 10.3. The number of hydrogen-bond acceptors (Lipinski definition) is 4. The molecule has 1 N–H and O–H groups in total. The fourth-order valence-electron chi connectivity index (χ4n) is 0.866. The van der Waals surface area contributed by atoms with Crippen molar-refractivity contribution in [3.8, 4) is 11.5 Å². The fraction of sp³-hybridized carbons (Fsp3) is 0.143. The Bertz CT molecular complexity index is 315. The molecule has 66 valence electrons. The van der Waals surface area contributed by atoms with E-state index in [1.807, 2.05) is 0 Å². The first-order valence-corrected chi connectivity index (χ1v) is 3.17. The maximum atomic E-state index is 10.3. The van der Waals surface area contributed by atoms with Crippen LogP contribution in [-0.2, 0) is 0 Å². The van der Waals surface area contributed by atoms with Crippen LogP contribution in [0.1, 0.15) is 0 Å². The van der Waals surface area contributed by atoms with Gasteiger partial charge in [-0.25, -0.2) is 0 Å². The summed E-state index contributed by atoms with van der Waals surface area (Å²) >= 11 is 0. The van der Waals surface area contributed by atoms with Crippen LogP contribution in [0.3, 0.4) is 0 Å². The van der Waals surface area contributed by atoms with Crippen molar-refractivity contribution < 1.29 is 14.8 Å². The number of rotatable bonds is 2. The molecule has 1 aromatic rings. The van der Waals surface area contributed by atoms with Gasteiger partial charge in [-0.1, -0.05) is 6.07 Å². The molecular formula is C7H8KNO4. The monoisotopic (exact) mass is 209 g/mol. The predicted molar refractivity (Wildman–Crippen MR) is 48.5 cm³/mol.